The summed E-state index contributed by atoms with van der Waals surface area (Å²) in [5.41, 5.74) is 1.75. The third-order valence-electron chi connectivity index (χ3n) is 4.30. The summed E-state index contributed by atoms with van der Waals surface area (Å²) in [4.78, 5) is 18.5. The third-order valence-corrected chi connectivity index (χ3v) is 5.47. The second-order valence-electron chi connectivity index (χ2n) is 6.35. The molecule has 0 spiro atoms. The standard InChI is InChI=1S/C21H17FN4O2S/c22-17-5-3-15(4-6-17)12-19-20(27)26(14-18-2-1-11-28-18)21(29-19)25-24-13-16-7-9-23-10-8-16/h1-11,13,19H,12,14H2/b24-13+,25-21+. The molecule has 1 aliphatic heterocycles. The molecule has 2 aromatic heterocycles. The Balaban J connectivity index is 1.54. The molecule has 1 fully saturated rings. The number of thioether (sulfide) groups is 1. The van der Waals surface area contributed by atoms with Gasteiger partial charge in [0, 0.05) is 12.4 Å². The molecule has 8 heteroatoms. The highest BCUT2D eigenvalue weighted by Gasteiger charge is 2.38. The number of halogens is 1. The zero-order chi connectivity index (χ0) is 20.1. The number of hydrogen-bond donors (Lipinski definition) is 0. The lowest BCUT2D eigenvalue weighted by Gasteiger charge is -2.14. The van der Waals surface area contributed by atoms with Crippen LogP contribution in [0.1, 0.15) is 16.9 Å². The number of benzene rings is 1. The summed E-state index contributed by atoms with van der Waals surface area (Å²) in [6.45, 7) is 0.280. The number of nitrogens with zero attached hydrogens (tertiary/aromatic N) is 4. The highest BCUT2D eigenvalue weighted by atomic mass is 32.2. The van der Waals surface area contributed by atoms with Crippen molar-refractivity contribution in [1.29, 1.82) is 0 Å². The third kappa shape index (κ3) is 4.78. The Bertz CT molecular complexity index is 1020. The number of furan rings is 1. The first-order valence-corrected chi connectivity index (χ1v) is 9.83. The number of rotatable bonds is 6. The molecule has 4 rings (SSSR count). The van der Waals surface area contributed by atoms with Crippen LogP contribution in [0.25, 0.3) is 0 Å². The lowest BCUT2D eigenvalue weighted by atomic mass is 10.1. The number of amides is 1. The van der Waals surface area contributed by atoms with Gasteiger partial charge >= 0.3 is 0 Å². The van der Waals surface area contributed by atoms with Crippen molar-refractivity contribution in [1.82, 2.24) is 9.88 Å². The Morgan fingerprint density at radius 1 is 1.17 bits per heavy atom. The van der Waals surface area contributed by atoms with Crippen molar-refractivity contribution in [2.45, 2.75) is 18.2 Å². The average molecular weight is 408 g/mol. The van der Waals surface area contributed by atoms with E-state index in [1.165, 1.54) is 23.9 Å². The molecule has 0 N–H and O–H groups in total. The monoisotopic (exact) mass is 408 g/mol. The van der Waals surface area contributed by atoms with Gasteiger partial charge in [-0.15, -0.1) is 5.10 Å². The topological polar surface area (TPSA) is 71.1 Å². The summed E-state index contributed by atoms with van der Waals surface area (Å²) < 4.78 is 18.5. The van der Waals surface area contributed by atoms with Crippen LogP contribution in [0.15, 0.2) is 81.8 Å². The van der Waals surface area contributed by atoms with Gasteiger partial charge in [-0.2, -0.15) is 5.10 Å². The van der Waals surface area contributed by atoms with Gasteiger partial charge in [0.15, 0.2) is 5.17 Å². The van der Waals surface area contributed by atoms with Crippen LogP contribution in [0, 0.1) is 5.82 Å². The maximum Gasteiger partial charge on any atom is 0.242 e. The maximum absolute atomic E-state index is 13.2. The lowest BCUT2D eigenvalue weighted by Crippen LogP contribution is -2.32. The van der Waals surface area contributed by atoms with Gasteiger partial charge in [-0.05, 0) is 53.9 Å². The molecule has 0 saturated carbocycles. The van der Waals surface area contributed by atoms with Gasteiger partial charge in [0.05, 0.1) is 24.3 Å². The van der Waals surface area contributed by atoms with E-state index in [0.717, 1.165) is 11.1 Å². The first-order valence-electron chi connectivity index (χ1n) is 8.95. The van der Waals surface area contributed by atoms with Crippen molar-refractivity contribution in [3.05, 3.63) is 89.9 Å². The van der Waals surface area contributed by atoms with E-state index in [2.05, 4.69) is 15.2 Å². The molecule has 3 heterocycles. The van der Waals surface area contributed by atoms with E-state index in [1.54, 1.807) is 48.0 Å². The van der Waals surface area contributed by atoms with Crippen molar-refractivity contribution in [3.8, 4) is 0 Å². The number of amidine groups is 1. The summed E-state index contributed by atoms with van der Waals surface area (Å²) >= 11 is 1.35. The number of carbonyl (C=O) groups is 1. The van der Waals surface area contributed by atoms with Crippen LogP contribution in [-0.2, 0) is 17.8 Å². The highest BCUT2D eigenvalue weighted by molar-refractivity contribution is 8.15. The van der Waals surface area contributed by atoms with Crippen molar-refractivity contribution in [3.63, 3.8) is 0 Å². The molecule has 146 valence electrons. The predicted molar refractivity (Wildman–Crippen MR) is 110 cm³/mol. The molecular weight excluding hydrogens is 391 g/mol. The first-order chi connectivity index (χ1) is 14.2. The SMILES string of the molecule is O=C1C(Cc2ccc(F)cc2)S/C(=N/N=C/c2ccncc2)N1Cc1ccco1. The van der Waals surface area contributed by atoms with Crippen LogP contribution in [0.2, 0.25) is 0 Å². The Morgan fingerprint density at radius 2 is 1.97 bits per heavy atom. The predicted octanol–water partition coefficient (Wildman–Crippen LogP) is 3.89. The fourth-order valence-electron chi connectivity index (χ4n) is 2.85. The summed E-state index contributed by atoms with van der Waals surface area (Å²) in [6.07, 6.45) is 7.00. The van der Waals surface area contributed by atoms with Gasteiger partial charge in [0.1, 0.15) is 11.6 Å². The van der Waals surface area contributed by atoms with Gasteiger partial charge in [-0.25, -0.2) is 4.39 Å². The van der Waals surface area contributed by atoms with Crippen LogP contribution in [0.4, 0.5) is 4.39 Å². The lowest BCUT2D eigenvalue weighted by molar-refractivity contribution is -0.126. The highest BCUT2D eigenvalue weighted by Crippen LogP contribution is 2.31. The molecule has 6 nitrogen and oxygen atoms in total. The summed E-state index contributed by atoms with van der Waals surface area (Å²) in [5, 5.41) is 8.55. The molecule has 3 aromatic rings. The van der Waals surface area contributed by atoms with E-state index in [-0.39, 0.29) is 23.5 Å². The molecule has 0 radical (unpaired) electrons. The molecule has 1 aromatic carbocycles. The van der Waals surface area contributed by atoms with E-state index in [9.17, 15) is 9.18 Å². The minimum absolute atomic E-state index is 0.0754. The Morgan fingerprint density at radius 3 is 2.69 bits per heavy atom. The second kappa shape index (κ2) is 8.83. The Hall–Kier alpha value is -3.26. The molecule has 1 unspecified atom stereocenters. The Labute approximate surface area is 171 Å². The van der Waals surface area contributed by atoms with Gasteiger partial charge in [-0.1, -0.05) is 23.9 Å². The number of carbonyl (C=O) groups excluding carboxylic acids is 1. The van der Waals surface area contributed by atoms with Gasteiger partial charge in [0.2, 0.25) is 5.91 Å². The second-order valence-corrected chi connectivity index (χ2v) is 7.52. The van der Waals surface area contributed by atoms with Crippen LogP contribution < -0.4 is 0 Å². The molecule has 1 atom stereocenters. The summed E-state index contributed by atoms with van der Waals surface area (Å²) in [7, 11) is 0. The number of hydrogen-bond acceptors (Lipinski definition) is 6. The van der Waals surface area contributed by atoms with Crippen LogP contribution >= 0.6 is 11.8 Å². The maximum atomic E-state index is 13.2. The van der Waals surface area contributed by atoms with E-state index < -0.39 is 0 Å². The van der Waals surface area contributed by atoms with Crippen LogP contribution in [0.3, 0.4) is 0 Å². The molecule has 29 heavy (non-hydrogen) atoms. The first kappa shape index (κ1) is 19.1. The molecule has 1 amide bonds. The van der Waals surface area contributed by atoms with Gasteiger partial charge in [0.25, 0.3) is 0 Å². The van der Waals surface area contributed by atoms with E-state index in [0.29, 0.717) is 17.3 Å². The zero-order valence-electron chi connectivity index (χ0n) is 15.3. The smallest absolute Gasteiger partial charge is 0.242 e. The van der Waals surface area contributed by atoms with Crippen LogP contribution in [-0.4, -0.2) is 32.4 Å². The minimum Gasteiger partial charge on any atom is -0.467 e. The molecule has 1 aliphatic rings. The molecular formula is C21H17FN4O2S. The van der Waals surface area contributed by atoms with Gasteiger partial charge < -0.3 is 4.42 Å². The molecule has 0 bridgehead atoms. The normalized spacial score (nSPS) is 18.2. The van der Waals surface area contributed by atoms with E-state index >= 15 is 0 Å². The molecule has 0 aliphatic carbocycles. The molecule has 1 saturated heterocycles. The fraction of sp³-hybridized carbons (Fsp3) is 0.143. The van der Waals surface area contributed by atoms with Crippen molar-refractivity contribution < 1.29 is 13.6 Å². The quantitative estimate of drug-likeness (QED) is 0.458. The van der Waals surface area contributed by atoms with E-state index in [1.807, 2.05) is 18.2 Å². The van der Waals surface area contributed by atoms with Crippen LogP contribution in [0.5, 0.6) is 0 Å². The Kier molecular flexibility index (Phi) is 5.81. The zero-order valence-corrected chi connectivity index (χ0v) is 16.1. The minimum atomic E-state index is -0.356. The number of pyridine rings is 1. The van der Waals surface area contributed by atoms with E-state index in [4.69, 9.17) is 4.42 Å². The van der Waals surface area contributed by atoms with Crippen molar-refractivity contribution in [2.24, 2.45) is 10.2 Å². The van der Waals surface area contributed by atoms with Gasteiger partial charge in [-0.3, -0.25) is 14.7 Å². The van der Waals surface area contributed by atoms with Crippen molar-refractivity contribution in [2.75, 3.05) is 0 Å². The summed E-state index contributed by atoms with van der Waals surface area (Å²) in [5.74, 6) is 0.284. The number of aromatic nitrogens is 1. The largest absolute Gasteiger partial charge is 0.467 e. The fourth-order valence-corrected chi connectivity index (χ4v) is 3.98. The van der Waals surface area contributed by atoms with Crippen molar-refractivity contribution >= 4 is 29.1 Å². The summed E-state index contributed by atoms with van der Waals surface area (Å²) in [6, 6.07) is 13.4. The average Bonchev–Trinajstić information content (AvgIpc) is 3.35.